The van der Waals surface area contributed by atoms with Gasteiger partial charge in [-0.05, 0) is 24.7 Å². The van der Waals surface area contributed by atoms with E-state index in [-0.39, 0.29) is 0 Å². The van der Waals surface area contributed by atoms with Crippen molar-refractivity contribution < 1.29 is 0 Å². The van der Waals surface area contributed by atoms with E-state index in [2.05, 4.69) is 16.6 Å². The molecule has 0 spiro atoms. The van der Waals surface area contributed by atoms with Gasteiger partial charge in [0.25, 0.3) is 0 Å². The zero-order valence-electron chi connectivity index (χ0n) is 6.55. The molecule has 1 rings (SSSR count). The van der Waals surface area contributed by atoms with E-state index in [1.165, 1.54) is 11.5 Å². The third-order valence-electron chi connectivity index (χ3n) is 1.22. The van der Waals surface area contributed by atoms with Gasteiger partial charge < -0.3 is 11.1 Å². The summed E-state index contributed by atoms with van der Waals surface area (Å²) in [6.07, 6.45) is 2.00. The fourth-order valence-corrected chi connectivity index (χ4v) is 2.37. The Morgan fingerprint density at radius 2 is 2.45 bits per heavy atom. The maximum Gasteiger partial charge on any atom is 0.153 e. The number of aromatic nitrogens is 1. The standard InChI is InChI=1S/C6H11N3S2/c1-3-8-6-4(10-2)5(7)9-11-6/h8H,3H2,1-2H3,(H2,7,9). The fourth-order valence-electron chi connectivity index (χ4n) is 0.764. The summed E-state index contributed by atoms with van der Waals surface area (Å²) in [5, 5.41) is 4.28. The van der Waals surface area contributed by atoms with Crippen molar-refractivity contribution in [3.8, 4) is 0 Å². The van der Waals surface area contributed by atoms with Gasteiger partial charge in [0.15, 0.2) is 5.82 Å². The first kappa shape index (κ1) is 8.67. The number of thioether (sulfide) groups is 1. The maximum atomic E-state index is 5.62. The summed E-state index contributed by atoms with van der Waals surface area (Å²) in [7, 11) is 0. The SMILES string of the molecule is CCNc1snc(N)c1SC. The van der Waals surface area contributed by atoms with E-state index >= 15 is 0 Å². The zero-order chi connectivity index (χ0) is 8.27. The van der Waals surface area contributed by atoms with Crippen molar-refractivity contribution in [2.75, 3.05) is 23.9 Å². The lowest BCUT2D eigenvalue weighted by atomic mass is 10.6. The largest absolute Gasteiger partial charge is 0.382 e. The van der Waals surface area contributed by atoms with Crippen molar-refractivity contribution in [3.05, 3.63) is 0 Å². The highest BCUT2D eigenvalue weighted by Gasteiger charge is 2.08. The number of hydrogen-bond acceptors (Lipinski definition) is 5. The summed E-state index contributed by atoms with van der Waals surface area (Å²) < 4.78 is 4.04. The molecule has 1 heterocycles. The third kappa shape index (κ3) is 1.78. The summed E-state index contributed by atoms with van der Waals surface area (Å²) in [6, 6.07) is 0. The molecule has 0 bridgehead atoms. The predicted molar refractivity (Wildman–Crippen MR) is 52.5 cm³/mol. The van der Waals surface area contributed by atoms with Crippen LogP contribution >= 0.6 is 23.3 Å². The van der Waals surface area contributed by atoms with Gasteiger partial charge >= 0.3 is 0 Å². The van der Waals surface area contributed by atoms with Gasteiger partial charge in [0.05, 0.1) is 4.90 Å². The minimum Gasteiger partial charge on any atom is -0.382 e. The molecule has 0 saturated carbocycles. The first-order chi connectivity index (χ1) is 5.29. The molecule has 1 aromatic heterocycles. The topological polar surface area (TPSA) is 50.9 Å². The Balaban J connectivity index is 2.86. The number of nitrogens with one attached hydrogen (secondary N) is 1. The van der Waals surface area contributed by atoms with Gasteiger partial charge in [0, 0.05) is 6.54 Å². The molecule has 0 atom stereocenters. The minimum absolute atomic E-state index is 0.637. The number of nitrogens with two attached hydrogens (primary N) is 1. The summed E-state index contributed by atoms with van der Waals surface area (Å²) in [5.41, 5.74) is 5.62. The average molecular weight is 189 g/mol. The van der Waals surface area contributed by atoms with Crippen LogP contribution in [0.15, 0.2) is 4.90 Å². The van der Waals surface area contributed by atoms with Crippen LogP contribution in [0.3, 0.4) is 0 Å². The van der Waals surface area contributed by atoms with Gasteiger partial charge in [0.2, 0.25) is 0 Å². The second kappa shape index (κ2) is 3.82. The van der Waals surface area contributed by atoms with E-state index in [1.54, 1.807) is 11.8 Å². The Labute approximate surface area is 74.5 Å². The maximum absolute atomic E-state index is 5.62. The molecule has 11 heavy (non-hydrogen) atoms. The first-order valence-corrected chi connectivity index (χ1v) is 5.32. The molecular formula is C6H11N3S2. The van der Waals surface area contributed by atoms with Gasteiger partial charge in [-0.3, -0.25) is 0 Å². The fraction of sp³-hybridized carbons (Fsp3) is 0.500. The number of nitrogen functional groups attached to an aromatic ring is 1. The molecule has 0 unspecified atom stereocenters. The molecule has 3 N–H and O–H groups in total. The lowest BCUT2D eigenvalue weighted by molar-refractivity contribution is 1.21. The molecule has 0 radical (unpaired) electrons. The van der Waals surface area contributed by atoms with Crippen molar-refractivity contribution in [2.45, 2.75) is 11.8 Å². The Morgan fingerprint density at radius 1 is 1.73 bits per heavy atom. The van der Waals surface area contributed by atoms with Crippen LogP contribution in [0.2, 0.25) is 0 Å². The van der Waals surface area contributed by atoms with Gasteiger partial charge in [-0.2, -0.15) is 4.37 Å². The minimum atomic E-state index is 0.637. The second-order valence-electron chi connectivity index (χ2n) is 1.96. The van der Waals surface area contributed by atoms with Crippen molar-refractivity contribution in [2.24, 2.45) is 0 Å². The summed E-state index contributed by atoms with van der Waals surface area (Å²) in [5.74, 6) is 0.637. The van der Waals surface area contributed by atoms with E-state index in [0.29, 0.717) is 5.82 Å². The molecule has 0 aromatic carbocycles. The number of anilines is 2. The van der Waals surface area contributed by atoms with Crippen LogP contribution in [0.25, 0.3) is 0 Å². The Kier molecular flexibility index (Phi) is 3.02. The molecule has 62 valence electrons. The van der Waals surface area contributed by atoms with E-state index in [0.717, 1.165) is 16.4 Å². The van der Waals surface area contributed by atoms with E-state index in [9.17, 15) is 0 Å². The van der Waals surface area contributed by atoms with Gasteiger partial charge in [-0.25, -0.2) is 0 Å². The predicted octanol–water partition coefficient (Wildman–Crippen LogP) is 1.88. The lowest BCUT2D eigenvalue weighted by Gasteiger charge is -1.99. The quantitative estimate of drug-likeness (QED) is 0.713. The van der Waals surface area contributed by atoms with Crippen LogP contribution in [0.4, 0.5) is 10.8 Å². The zero-order valence-corrected chi connectivity index (χ0v) is 8.18. The van der Waals surface area contributed by atoms with Crippen LogP contribution in [0.1, 0.15) is 6.92 Å². The van der Waals surface area contributed by atoms with E-state index in [1.807, 2.05) is 6.26 Å². The molecule has 0 aliphatic heterocycles. The molecule has 1 aromatic rings. The number of hydrogen-bond donors (Lipinski definition) is 2. The van der Waals surface area contributed by atoms with Crippen LogP contribution in [0, 0.1) is 0 Å². The summed E-state index contributed by atoms with van der Waals surface area (Å²) in [4.78, 5) is 1.07. The monoisotopic (exact) mass is 189 g/mol. The van der Waals surface area contributed by atoms with Crippen LogP contribution in [0.5, 0.6) is 0 Å². The first-order valence-electron chi connectivity index (χ1n) is 3.32. The molecular weight excluding hydrogens is 178 g/mol. The van der Waals surface area contributed by atoms with Crippen molar-refractivity contribution in [1.82, 2.24) is 4.37 Å². The molecule has 0 aliphatic carbocycles. The summed E-state index contributed by atoms with van der Waals surface area (Å²) in [6.45, 7) is 2.97. The third-order valence-corrected chi connectivity index (χ3v) is 2.99. The smallest absolute Gasteiger partial charge is 0.153 e. The van der Waals surface area contributed by atoms with Crippen molar-refractivity contribution in [1.29, 1.82) is 0 Å². The molecule has 0 aliphatic rings. The highest BCUT2D eigenvalue weighted by molar-refractivity contribution is 7.99. The molecule has 0 fully saturated rings. The number of nitrogens with zero attached hydrogens (tertiary/aromatic N) is 1. The Hall–Kier alpha value is -0.420. The van der Waals surface area contributed by atoms with Crippen molar-refractivity contribution in [3.63, 3.8) is 0 Å². The highest BCUT2D eigenvalue weighted by atomic mass is 32.2. The van der Waals surface area contributed by atoms with Crippen LogP contribution < -0.4 is 11.1 Å². The molecule has 0 amide bonds. The molecule has 5 heteroatoms. The summed E-state index contributed by atoms with van der Waals surface area (Å²) >= 11 is 3.05. The highest BCUT2D eigenvalue weighted by Crippen LogP contribution is 2.34. The van der Waals surface area contributed by atoms with Gasteiger partial charge in [-0.15, -0.1) is 11.8 Å². The van der Waals surface area contributed by atoms with Gasteiger partial charge in [-0.1, -0.05) is 0 Å². The Morgan fingerprint density at radius 3 is 3.00 bits per heavy atom. The van der Waals surface area contributed by atoms with Gasteiger partial charge in [0.1, 0.15) is 5.00 Å². The van der Waals surface area contributed by atoms with Crippen LogP contribution in [-0.2, 0) is 0 Å². The Bertz CT molecular complexity index is 234. The van der Waals surface area contributed by atoms with E-state index in [4.69, 9.17) is 5.73 Å². The average Bonchev–Trinajstić information content (AvgIpc) is 2.33. The van der Waals surface area contributed by atoms with Crippen molar-refractivity contribution >= 4 is 34.1 Å². The lowest BCUT2D eigenvalue weighted by Crippen LogP contribution is -1.95. The van der Waals surface area contributed by atoms with E-state index < -0.39 is 0 Å². The van der Waals surface area contributed by atoms with Crippen LogP contribution in [-0.4, -0.2) is 17.2 Å². The second-order valence-corrected chi connectivity index (χ2v) is 3.55. The molecule has 0 saturated heterocycles. The number of rotatable bonds is 3. The molecule has 3 nitrogen and oxygen atoms in total. The normalized spacial score (nSPS) is 10.0.